The van der Waals surface area contributed by atoms with Crippen LogP contribution in [0.25, 0.3) is 10.8 Å². The fourth-order valence-corrected chi connectivity index (χ4v) is 7.67. The lowest BCUT2D eigenvalue weighted by molar-refractivity contribution is 0.0550. The van der Waals surface area contributed by atoms with Gasteiger partial charge in [0.15, 0.2) is 0 Å². The van der Waals surface area contributed by atoms with Gasteiger partial charge < -0.3 is 9.47 Å². The molecule has 0 amide bonds. The van der Waals surface area contributed by atoms with Crippen molar-refractivity contribution in [3.8, 4) is 0 Å². The zero-order valence-electron chi connectivity index (χ0n) is 29.0. The van der Waals surface area contributed by atoms with E-state index >= 15 is 0 Å². The SMILES string of the molecule is CCCCCc1c2c(c(CCCCC)c3ccccc13)Cc1c(c(C(C)(C)C)c(C(=O)OC)c(C(=O)OC)c1C(C)(C)C)C2. The van der Waals surface area contributed by atoms with E-state index in [1.54, 1.807) is 0 Å². The molecule has 0 aromatic heterocycles. The van der Waals surface area contributed by atoms with Crippen LogP contribution in [0.15, 0.2) is 24.3 Å². The van der Waals surface area contributed by atoms with E-state index in [9.17, 15) is 9.59 Å². The van der Waals surface area contributed by atoms with Crippen LogP contribution in [-0.2, 0) is 46.0 Å². The molecular weight excluding hydrogens is 544 g/mol. The van der Waals surface area contributed by atoms with Crippen LogP contribution in [0.3, 0.4) is 0 Å². The smallest absolute Gasteiger partial charge is 0.339 e. The van der Waals surface area contributed by atoms with Crippen LogP contribution in [0.5, 0.6) is 0 Å². The van der Waals surface area contributed by atoms with Gasteiger partial charge in [0.2, 0.25) is 0 Å². The molecule has 1 aliphatic carbocycles. The number of benzene rings is 3. The number of ether oxygens (including phenoxy) is 2. The zero-order chi connectivity index (χ0) is 32.4. The van der Waals surface area contributed by atoms with Crippen molar-refractivity contribution in [3.05, 3.63) is 79.9 Å². The maximum absolute atomic E-state index is 13.7. The normalized spacial score (nSPS) is 13.0. The lowest BCUT2D eigenvalue weighted by Gasteiger charge is -2.38. The highest BCUT2D eigenvalue weighted by Crippen LogP contribution is 2.48. The maximum atomic E-state index is 13.7. The van der Waals surface area contributed by atoms with Crippen LogP contribution in [0.4, 0.5) is 0 Å². The van der Waals surface area contributed by atoms with Gasteiger partial charge in [0, 0.05) is 0 Å². The highest BCUT2D eigenvalue weighted by molar-refractivity contribution is 6.07. The van der Waals surface area contributed by atoms with Gasteiger partial charge in [-0.2, -0.15) is 0 Å². The first-order valence-corrected chi connectivity index (χ1v) is 16.7. The van der Waals surface area contributed by atoms with E-state index in [0.29, 0.717) is 11.1 Å². The lowest BCUT2D eigenvalue weighted by atomic mass is 9.65. The van der Waals surface area contributed by atoms with Gasteiger partial charge in [-0.05, 0) is 105 Å². The predicted octanol–water partition coefficient (Wildman–Crippen LogP) is 9.97. The Morgan fingerprint density at radius 1 is 0.614 bits per heavy atom. The highest BCUT2D eigenvalue weighted by atomic mass is 16.5. The summed E-state index contributed by atoms with van der Waals surface area (Å²) in [4.78, 5) is 27.4. The van der Waals surface area contributed by atoms with E-state index < -0.39 is 22.8 Å². The van der Waals surface area contributed by atoms with Crippen molar-refractivity contribution in [1.29, 1.82) is 0 Å². The highest BCUT2D eigenvalue weighted by Gasteiger charge is 2.41. The quantitative estimate of drug-likeness (QED) is 0.135. The Balaban J connectivity index is 2.19. The van der Waals surface area contributed by atoms with Crippen molar-refractivity contribution in [2.75, 3.05) is 14.2 Å². The summed E-state index contributed by atoms with van der Waals surface area (Å²) in [5.41, 5.74) is 9.93. The van der Waals surface area contributed by atoms with Gasteiger partial charge in [-0.25, -0.2) is 9.59 Å². The summed E-state index contributed by atoms with van der Waals surface area (Å²) in [6, 6.07) is 9.00. The molecule has 0 spiro atoms. The molecule has 0 unspecified atom stereocenters. The first-order valence-electron chi connectivity index (χ1n) is 16.7. The number of esters is 2. The van der Waals surface area contributed by atoms with E-state index in [1.165, 1.54) is 84.1 Å². The Morgan fingerprint density at radius 3 is 1.27 bits per heavy atom. The molecule has 4 heteroatoms. The average molecular weight is 599 g/mol. The number of carbonyl (C=O) groups is 2. The molecule has 0 heterocycles. The summed E-state index contributed by atoms with van der Waals surface area (Å²) >= 11 is 0. The third-order valence-corrected chi connectivity index (χ3v) is 9.43. The number of carbonyl (C=O) groups excluding carboxylic acids is 2. The molecule has 0 saturated heterocycles. The molecule has 0 aliphatic heterocycles. The van der Waals surface area contributed by atoms with Crippen molar-refractivity contribution in [2.45, 2.75) is 130 Å². The van der Waals surface area contributed by atoms with Crippen LogP contribution in [0, 0.1) is 0 Å². The minimum absolute atomic E-state index is 0.371. The molecule has 44 heavy (non-hydrogen) atoms. The minimum Gasteiger partial charge on any atom is -0.465 e. The molecule has 238 valence electrons. The van der Waals surface area contributed by atoms with Crippen LogP contribution in [-0.4, -0.2) is 26.2 Å². The molecule has 0 saturated carbocycles. The lowest BCUT2D eigenvalue weighted by Crippen LogP contribution is -2.32. The van der Waals surface area contributed by atoms with E-state index in [0.717, 1.165) is 49.7 Å². The molecule has 1 aliphatic rings. The Labute approximate surface area is 265 Å². The summed E-state index contributed by atoms with van der Waals surface area (Å²) in [6.07, 6.45) is 10.7. The van der Waals surface area contributed by atoms with Crippen molar-refractivity contribution >= 4 is 22.7 Å². The number of methoxy groups -OCH3 is 2. The standard InChI is InChI=1S/C40H54O4/c1-11-13-15-19-27-25-21-17-18-22-26(25)28(20-16-14-12-2)30-24-32-31(23-29(27)30)35(39(3,4)5)33(37(41)43-9)34(38(42)44-10)36(32)40(6,7)8/h17-18,21-22H,11-16,19-20,23-24H2,1-10H3. The molecule has 4 rings (SSSR count). The van der Waals surface area contributed by atoms with Crippen LogP contribution in [0.2, 0.25) is 0 Å². The number of rotatable bonds is 10. The van der Waals surface area contributed by atoms with Gasteiger partial charge in [-0.1, -0.05) is 105 Å². The molecule has 0 atom stereocenters. The first-order chi connectivity index (χ1) is 20.8. The Kier molecular flexibility index (Phi) is 10.3. The van der Waals surface area contributed by atoms with Crippen LogP contribution >= 0.6 is 0 Å². The minimum atomic E-state index is -0.476. The topological polar surface area (TPSA) is 52.6 Å². The maximum Gasteiger partial charge on any atom is 0.339 e. The summed E-state index contributed by atoms with van der Waals surface area (Å²) in [5.74, 6) is -0.951. The number of hydrogen-bond acceptors (Lipinski definition) is 4. The first kappa shape index (κ1) is 33.7. The summed E-state index contributed by atoms with van der Waals surface area (Å²) in [6.45, 7) is 17.4. The van der Waals surface area contributed by atoms with Crippen molar-refractivity contribution in [3.63, 3.8) is 0 Å². The number of aryl methyl sites for hydroxylation is 2. The third kappa shape index (κ3) is 6.32. The average Bonchev–Trinajstić information content (AvgIpc) is 2.98. The number of fused-ring (bicyclic) bond motifs is 3. The fourth-order valence-electron chi connectivity index (χ4n) is 7.67. The largest absolute Gasteiger partial charge is 0.465 e. The second-order valence-corrected chi connectivity index (χ2v) is 14.7. The van der Waals surface area contributed by atoms with Crippen molar-refractivity contribution < 1.29 is 19.1 Å². The second-order valence-electron chi connectivity index (χ2n) is 14.7. The van der Waals surface area contributed by atoms with E-state index in [2.05, 4.69) is 79.7 Å². The number of hydrogen-bond donors (Lipinski definition) is 0. The molecule has 3 aromatic rings. The van der Waals surface area contributed by atoms with Crippen molar-refractivity contribution in [1.82, 2.24) is 0 Å². The predicted molar refractivity (Wildman–Crippen MR) is 183 cm³/mol. The van der Waals surface area contributed by atoms with E-state index in [1.807, 2.05) is 0 Å². The monoisotopic (exact) mass is 598 g/mol. The fraction of sp³-hybridized carbons (Fsp3) is 0.550. The molecule has 0 fully saturated rings. The Bertz CT molecular complexity index is 1430. The van der Waals surface area contributed by atoms with Gasteiger partial charge in [0.25, 0.3) is 0 Å². The molecule has 3 aromatic carbocycles. The zero-order valence-corrected chi connectivity index (χ0v) is 29.0. The van der Waals surface area contributed by atoms with Crippen LogP contribution < -0.4 is 0 Å². The molecular formula is C40H54O4. The molecule has 0 N–H and O–H groups in total. The second kappa shape index (κ2) is 13.5. The Hall–Kier alpha value is -3.14. The van der Waals surface area contributed by atoms with Gasteiger partial charge in [0.05, 0.1) is 25.3 Å². The molecule has 0 radical (unpaired) electrons. The van der Waals surface area contributed by atoms with Gasteiger partial charge >= 0.3 is 11.9 Å². The van der Waals surface area contributed by atoms with E-state index in [4.69, 9.17) is 9.47 Å². The van der Waals surface area contributed by atoms with Gasteiger partial charge in [-0.15, -0.1) is 0 Å². The van der Waals surface area contributed by atoms with E-state index in [-0.39, 0.29) is 0 Å². The summed E-state index contributed by atoms with van der Waals surface area (Å²) in [5, 5.41) is 2.76. The third-order valence-electron chi connectivity index (χ3n) is 9.43. The summed E-state index contributed by atoms with van der Waals surface area (Å²) in [7, 11) is 2.81. The van der Waals surface area contributed by atoms with Crippen molar-refractivity contribution in [2.24, 2.45) is 0 Å². The van der Waals surface area contributed by atoms with Gasteiger partial charge in [0.1, 0.15) is 0 Å². The number of unbranched alkanes of at least 4 members (excludes halogenated alkanes) is 4. The molecule has 4 nitrogen and oxygen atoms in total. The molecule has 0 bridgehead atoms. The van der Waals surface area contributed by atoms with Crippen LogP contribution in [0.1, 0.15) is 159 Å². The van der Waals surface area contributed by atoms with Gasteiger partial charge in [-0.3, -0.25) is 0 Å². The Morgan fingerprint density at radius 2 is 0.977 bits per heavy atom. The summed E-state index contributed by atoms with van der Waals surface area (Å²) < 4.78 is 10.8.